The first-order valence-corrected chi connectivity index (χ1v) is 5.21. The van der Waals surface area contributed by atoms with Crippen LogP contribution in [0.4, 0.5) is 0 Å². The van der Waals surface area contributed by atoms with E-state index in [1.165, 1.54) is 0 Å². The minimum Gasteiger partial charge on any atom is -0.495 e. The third-order valence-corrected chi connectivity index (χ3v) is 2.35. The molecular formula is C11H20O3. The van der Waals surface area contributed by atoms with Gasteiger partial charge < -0.3 is 14.2 Å². The zero-order valence-electron chi connectivity index (χ0n) is 9.12. The van der Waals surface area contributed by atoms with E-state index in [2.05, 4.69) is 13.5 Å². The fraction of sp³-hybridized carbons (Fsp3) is 0.818. The van der Waals surface area contributed by atoms with Crippen molar-refractivity contribution in [3.05, 3.63) is 12.3 Å². The van der Waals surface area contributed by atoms with E-state index >= 15 is 0 Å². The molecule has 0 aromatic heterocycles. The molecule has 2 atom stereocenters. The van der Waals surface area contributed by atoms with Gasteiger partial charge >= 0.3 is 0 Å². The molecule has 0 aromatic carbocycles. The Morgan fingerprint density at radius 3 is 3.00 bits per heavy atom. The lowest BCUT2D eigenvalue weighted by Gasteiger charge is -2.31. The van der Waals surface area contributed by atoms with Crippen molar-refractivity contribution in [1.29, 1.82) is 0 Å². The van der Waals surface area contributed by atoms with Crippen molar-refractivity contribution in [2.75, 3.05) is 13.9 Å². The van der Waals surface area contributed by atoms with Crippen LogP contribution < -0.4 is 0 Å². The van der Waals surface area contributed by atoms with Gasteiger partial charge in [-0.25, -0.2) is 0 Å². The molecule has 1 saturated heterocycles. The van der Waals surface area contributed by atoms with Crippen molar-refractivity contribution >= 4 is 0 Å². The zero-order chi connectivity index (χ0) is 10.4. The van der Waals surface area contributed by atoms with Crippen LogP contribution in [0.3, 0.4) is 0 Å². The molecule has 0 N–H and O–H groups in total. The standard InChI is InChI=1S/C11H20O3/c1-4-5-10-7-11(13-8-12-3)6-9(2)14-10/h10-11H,2,4-8H2,1,3H3/t10-,11-/m0/s1. The van der Waals surface area contributed by atoms with E-state index < -0.39 is 0 Å². The Balaban J connectivity index is 2.33. The van der Waals surface area contributed by atoms with Gasteiger partial charge in [0.25, 0.3) is 0 Å². The van der Waals surface area contributed by atoms with Crippen molar-refractivity contribution in [2.24, 2.45) is 0 Å². The van der Waals surface area contributed by atoms with Gasteiger partial charge in [-0.3, -0.25) is 0 Å². The van der Waals surface area contributed by atoms with Gasteiger partial charge in [0.2, 0.25) is 0 Å². The van der Waals surface area contributed by atoms with Gasteiger partial charge in [-0.15, -0.1) is 0 Å². The summed E-state index contributed by atoms with van der Waals surface area (Å²) in [6.45, 7) is 6.38. The predicted molar refractivity (Wildman–Crippen MR) is 54.9 cm³/mol. The second kappa shape index (κ2) is 6.04. The van der Waals surface area contributed by atoms with Crippen LogP contribution in [0.5, 0.6) is 0 Å². The van der Waals surface area contributed by atoms with E-state index in [0.29, 0.717) is 6.79 Å². The molecule has 1 fully saturated rings. The molecule has 0 bridgehead atoms. The maximum Gasteiger partial charge on any atom is 0.146 e. The smallest absolute Gasteiger partial charge is 0.146 e. The minimum absolute atomic E-state index is 0.216. The molecule has 3 heteroatoms. The molecule has 3 nitrogen and oxygen atoms in total. The molecule has 82 valence electrons. The molecule has 0 radical (unpaired) electrons. The first-order valence-electron chi connectivity index (χ1n) is 5.21. The monoisotopic (exact) mass is 200 g/mol. The molecule has 14 heavy (non-hydrogen) atoms. The maximum atomic E-state index is 5.62. The van der Waals surface area contributed by atoms with Crippen molar-refractivity contribution in [1.82, 2.24) is 0 Å². The Labute approximate surface area is 86.0 Å². The van der Waals surface area contributed by atoms with Crippen LogP contribution in [0.1, 0.15) is 32.6 Å². The Hall–Kier alpha value is -0.540. The maximum absolute atomic E-state index is 5.62. The first kappa shape index (κ1) is 11.5. The highest BCUT2D eigenvalue weighted by molar-refractivity contribution is 4.93. The number of ether oxygens (including phenoxy) is 3. The topological polar surface area (TPSA) is 27.7 Å². The molecule has 0 aliphatic carbocycles. The van der Waals surface area contributed by atoms with E-state index in [-0.39, 0.29) is 12.2 Å². The third kappa shape index (κ3) is 3.68. The predicted octanol–water partition coefficient (Wildman–Crippen LogP) is 2.47. The van der Waals surface area contributed by atoms with E-state index in [1.807, 2.05) is 0 Å². The summed E-state index contributed by atoms with van der Waals surface area (Å²) in [6.07, 6.45) is 4.46. The minimum atomic E-state index is 0.216. The van der Waals surface area contributed by atoms with Crippen LogP contribution in [-0.2, 0) is 14.2 Å². The van der Waals surface area contributed by atoms with Crippen LogP contribution >= 0.6 is 0 Å². The average Bonchev–Trinajstić information content (AvgIpc) is 2.14. The van der Waals surface area contributed by atoms with Gasteiger partial charge in [0, 0.05) is 20.0 Å². The quantitative estimate of drug-likeness (QED) is 0.638. The molecule has 1 rings (SSSR count). The van der Waals surface area contributed by atoms with Crippen molar-refractivity contribution in [3.8, 4) is 0 Å². The highest BCUT2D eigenvalue weighted by Crippen LogP contribution is 2.26. The van der Waals surface area contributed by atoms with Gasteiger partial charge in [-0.05, 0) is 6.42 Å². The van der Waals surface area contributed by atoms with Crippen LogP contribution in [-0.4, -0.2) is 26.1 Å². The van der Waals surface area contributed by atoms with Gasteiger partial charge in [0.05, 0.1) is 11.9 Å². The fourth-order valence-corrected chi connectivity index (χ4v) is 1.75. The van der Waals surface area contributed by atoms with Gasteiger partial charge in [-0.2, -0.15) is 0 Å². The second-order valence-corrected chi connectivity index (χ2v) is 3.70. The Morgan fingerprint density at radius 2 is 2.36 bits per heavy atom. The number of hydrogen-bond acceptors (Lipinski definition) is 3. The highest BCUT2D eigenvalue weighted by Gasteiger charge is 2.25. The normalized spacial score (nSPS) is 27.4. The zero-order valence-corrected chi connectivity index (χ0v) is 9.12. The Kier molecular flexibility index (Phi) is 4.98. The second-order valence-electron chi connectivity index (χ2n) is 3.70. The van der Waals surface area contributed by atoms with Gasteiger partial charge in [0.1, 0.15) is 12.9 Å². The van der Waals surface area contributed by atoms with Gasteiger partial charge in [-0.1, -0.05) is 19.9 Å². The molecule has 1 aliphatic heterocycles. The molecule has 0 unspecified atom stereocenters. The summed E-state index contributed by atoms with van der Waals surface area (Å²) in [4.78, 5) is 0. The van der Waals surface area contributed by atoms with Crippen LogP contribution in [0, 0.1) is 0 Å². The van der Waals surface area contributed by atoms with Crippen molar-refractivity contribution < 1.29 is 14.2 Å². The number of rotatable bonds is 5. The van der Waals surface area contributed by atoms with E-state index in [4.69, 9.17) is 14.2 Å². The summed E-state index contributed by atoms with van der Waals surface area (Å²) < 4.78 is 16.0. The SMILES string of the molecule is C=C1C[C@H](OCOC)C[C@H](CCC)O1. The summed E-state index contributed by atoms with van der Waals surface area (Å²) >= 11 is 0. The van der Waals surface area contributed by atoms with E-state index in [1.54, 1.807) is 7.11 Å². The average molecular weight is 200 g/mol. The summed E-state index contributed by atoms with van der Waals surface area (Å²) in [5.74, 6) is 0.843. The molecular weight excluding hydrogens is 180 g/mol. The summed E-state index contributed by atoms with van der Waals surface area (Å²) in [5.41, 5.74) is 0. The lowest BCUT2D eigenvalue weighted by atomic mass is 10.0. The van der Waals surface area contributed by atoms with E-state index in [9.17, 15) is 0 Å². The van der Waals surface area contributed by atoms with Crippen molar-refractivity contribution in [2.45, 2.75) is 44.8 Å². The molecule has 1 aliphatic rings. The molecule has 0 saturated carbocycles. The summed E-state index contributed by atoms with van der Waals surface area (Å²) in [6, 6.07) is 0. The summed E-state index contributed by atoms with van der Waals surface area (Å²) in [7, 11) is 1.64. The Bertz CT molecular complexity index is 179. The largest absolute Gasteiger partial charge is 0.495 e. The fourth-order valence-electron chi connectivity index (χ4n) is 1.75. The molecule has 0 amide bonds. The van der Waals surface area contributed by atoms with Crippen LogP contribution in [0.25, 0.3) is 0 Å². The highest BCUT2D eigenvalue weighted by atomic mass is 16.7. The van der Waals surface area contributed by atoms with E-state index in [0.717, 1.165) is 31.4 Å². The lowest BCUT2D eigenvalue weighted by molar-refractivity contribution is -0.106. The first-order chi connectivity index (χ1) is 6.76. The van der Waals surface area contributed by atoms with Crippen molar-refractivity contribution in [3.63, 3.8) is 0 Å². The van der Waals surface area contributed by atoms with Gasteiger partial charge in [0.15, 0.2) is 0 Å². The van der Waals surface area contributed by atoms with Crippen LogP contribution in [0.15, 0.2) is 12.3 Å². The third-order valence-electron chi connectivity index (χ3n) is 2.35. The summed E-state index contributed by atoms with van der Waals surface area (Å²) in [5, 5.41) is 0. The number of methoxy groups -OCH3 is 1. The molecule has 0 aromatic rings. The molecule has 0 spiro atoms. The Morgan fingerprint density at radius 1 is 1.57 bits per heavy atom. The van der Waals surface area contributed by atoms with Crippen LogP contribution in [0.2, 0.25) is 0 Å². The molecule has 1 heterocycles. The number of hydrogen-bond donors (Lipinski definition) is 0. The lowest BCUT2D eigenvalue weighted by Crippen LogP contribution is -2.29.